The Morgan fingerprint density at radius 3 is 2.79 bits per heavy atom. The molecule has 2 atom stereocenters. The molecule has 1 aliphatic rings. The first-order valence-corrected chi connectivity index (χ1v) is 7.91. The highest BCUT2D eigenvalue weighted by Gasteiger charge is 2.21. The maximum Gasteiger partial charge on any atom is 0.264 e. The van der Waals surface area contributed by atoms with Crippen molar-refractivity contribution in [2.24, 2.45) is 11.8 Å². The maximum absolute atomic E-state index is 11.9. The number of piperidine rings is 1. The Hall–Kier alpha value is -0.650. The lowest BCUT2D eigenvalue weighted by molar-refractivity contribution is 0.0940. The van der Waals surface area contributed by atoms with Gasteiger partial charge in [-0.3, -0.25) is 4.79 Å². The van der Waals surface area contributed by atoms with Crippen LogP contribution in [-0.4, -0.2) is 42.0 Å². The minimum Gasteiger partial charge on any atom is -0.350 e. The fraction of sp³-hybridized carbons (Fsp3) is 0.692. The first-order chi connectivity index (χ1) is 9.06. The zero-order chi connectivity index (χ0) is 13.8. The maximum atomic E-state index is 11.9. The normalized spacial score (nSPS) is 24.4. The molecule has 0 saturated carbocycles. The van der Waals surface area contributed by atoms with E-state index in [9.17, 15) is 4.79 Å². The summed E-state index contributed by atoms with van der Waals surface area (Å²) in [6.45, 7) is 8.39. The lowest BCUT2D eigenvalue weighted by Gasteiger charge is -2.34. The largest absolute Gasteiger partial charge is 0.350 e. The number of halogens is 1. The Morgan fingerprint density at radius 1 is 1.53 bits per heavy atom. The third kappa shape index (κ3) is 4.16. The molecule has 106 valence electrons. The molecule has 0 aromatic carbocycles. The number of thiazole rings is 1. The summed E-state index contributed by atoms with van der Waals surface area (Å²) in [7, 11) is 0. The Labute approximate surface area is 123 Å². The van der Waals surface area contributed by atoms with E-state index in [1.54, 1.807) is 5.51 Å². The van der Waals surface area contributed by atoms with E-state index in [1.165, 1.54) is 17.8 Å². The second-order valence-electron chi connectivity index (χ2n) is 5.43. The molecule has 2 unspecified atom stereocenters. The number of nitrogens with zero attached hydrogens (tertiary/aromatic N) is 2. The number of aromatic nitrogens is 1. The Kier molecular flexibility index (Phi) is 5.19. The molecule has 0 bridgehead atoms. The van der Waals surface area contributed by atoms with E-state index < -0.39 is 0 Å². The molecule has 0 radical (unpaired) electrons. The van der Waals surface area contributed by atoms with Crippen molar-refractivity contribution in [3.05, 3.63) is 15.5 Å². The van der Waals surface area contributed by atoms with Gasteiger partial charge in [-0.15, -0.1) is 11.3 Å². The number of rotatable bonds is 4. The number of carbonyl (C=O) groups excluding carboxylic acids is 1. The first kappa shape index (κ1) is 14.8. The van der Waals surface area contributed by atoms with E-state index in [1.807, 2.05) is 0 Å². The van der Waals surface area contributed by atoms with E-state index in [0.717, 1.165) is 31.5 Å². The van der Waals surface area contributed by atoms with Crippen molar-refractivity contribution in [1.29, 1.82) is 0 Å². The molecule has 4 nitrogen and oxygen atoms in total. The van der Waals surface area contributed by atoms with E-state index in [2.05, 4.69) is 29.0 Å². The fourth-order valence-electron chi connectivity index (χ4n) is 2.76. The van der Waals surface area contributed by atoms with Crippen LogP contribution < -0.4 is 5.32 Å². The van der Waals surface area contributed by atoms with E-state index in [-0.39, 0.29) is 5.91 Å². The van der Waals surface area contributed by atoms with Crippen LogP contribution in [0.3, 0.4) is 0 Å². The molecule has 0 spiro atoms. The molecule has 1 amide bonds. The molecule has 1 aromatic rings. The zero-order valence-electron chi connectivity index (χ0n) is 11.4. The number of hydrogen-bond acceptors (Lipinski definition) is 4. The second-order valence-corrected chi connectivity index (χ2v) is 6.65. The van der Waals surface area contributed by atoms with Crippen LogP contribution in [-0.2, 0) is 0 Å². The average Bonchev–Trinajstić information content (AvgIpc) is 2.74. The average molecular weight is 302 g/mol. The van der Waals surface area contributed by atoms with Gasteiger partial charge in [0.2, 0.25) is 0 Å². The van der Waals surface area contributed by atoms with Crippen LogP contribution in [0, 0.1) is 11.8 Å². The van der Waals surface area contributed by atoms with Gasteiger partial charge >= 0.3 is 0 Å². The van der Waals surface area contributed by atoms with Gasteiger partial charge in [-0.1, -0.05) is 25.4 Å². The van der Waals surface area contributed by atoms with Crippen LogP contribution in [0.4, 0.5) is 0 Å². The zero-order valence-corrected chi connectivity index (χ0v) is 12.9. The topological polar surface area (TPSA) is 45.2 Å². The SMILES string of the molecule is CC1CC(C)CN(CCNC(=O)c2scnc2Cl)C1. The molecule has 2 rings (SSSR count). The summed E-state index contributed by atoms with van der Waals surface area (Å²) >= 11 is 7.10. The molecule has 0 aliphatic carbocycles. The number of nitrogens with one attached hydrogen (secondary N) is 1. The predicted octanol–water partition coefficient (Wildman–Crippen LogP) is 2.50. The molecular formula is C13H20ClN3OS. The van der Waals surface area contributed by atoms with Crippen LogP contribution in [0.2, 0.25) is 5.15 Å². The lowest BCUT2D eigenvalue weighted by Crippen LogP contribution is -2.42. The van der Waals surface area contributed by atoms with Crippen molar-refractivity contribution >= 4 is 28.8 Å². The monoisotopic (exact) mass is 301 g/mol. The van der Waals surface area contributed by atoms with Crippen LogP contribution in [0.1, 0.15) is 29.9 Å². The third-order valence-corrected chi connectivity index (χ3v) is 4.61. The summed E-state index contributed by atoms with van der Waals surface area (Å²) in [4.78, 5) is 18.6. The Balaban J connectivity index is 1.75. The van der Waals surface area contributed by atoms with Gasteiger partial charge in [-0.25, -0.2) is 4.98 Å². The van der Waals surface area contributed by atoms with Crippen LogP contribution >= 0.6 is 22.9 Å². The van der Waals surface area contributed by atoms with Gasteiger partial charge in [0.05, 0.1) is 5.51 Å². The molecule has 1 aliphatic heterocycles. The van der Waals surface area contributed by atoms with Gasteiger partial charge in [0, 0.05) is 26.2 Å². The van der Waals surface area contributed by atoms with E-state index in [0.29, 0.717) is 16.6 Å². The summed E-state index contributed by atoms with van der Waals surface area (Å²) in [6, 6.07) is 0. The van der Waals surface area contributed by atoms with Crippen molar-refractivity contribution in [3.63, 3.8) is 0 Å². The molecule has 19 heavy (non-hydrogen) atoms. The summed E-state index contributed by atoms with van der Waals surface area (Å²) in [5.41, 5.74) is 1.59. The number of amides is 1. The molecule has 1 saturated heterocycles. The van der Waals surface area contributed by atoms with Crippen molar-refractivity contribution in [2.45, 2.75) is 20.3 Å². The molecular weight excluding hydrogens is 282 g/mol. The summed E-state index contributed by atoms with van der Waals surface area (Å²) in [6.07, 6.45) is 1.30. The van der Waals surface area contributed by atoms with Gasteiger partial charge < -0.3 is 10.2 Å². The van der Waals surface area contributed by atoms with Crippen molar-refractivity contribution in [3.8, 4) is 0 Å². The standard InChI is InChI=1S/C13H20ClN3OS/c1-9-5-10(2)7-17(6-9)4-3-15-13(18)11-12(14)16-8-19-11/h8-10H,3-7H2,1-2H3,(H,15,18). The number of hydrogen-bond donors (Lipinski definition) is 1. The fourth-order valence-corrected chi connectivity index (χ4v) is 3.68. The lowest BCUT2D eigenvalue weighted by atomic mass is 9.92. The highest BCUT2D eigenvalue weighted by molar-refractivity contribution is 7.12. The van der Waals surface area contributed by atoms with Crippen molar-refractivity contribution in [2.75, 3.05) is 26.2 Å². The first-order valence-electron chi connectivity index (χ1n) is 6.65. The van der Waals surface area contributed by atoms with Crippen LogP contribution in [0.5, 0.6) is 0 Å². The van der Waals surface area contributed by atoms with Gasteiger partial charge in [0.15, 0.2) is 5.15 Å². The Bertz CT molecular complexity index is 427. The predicted molar refractivity (Wildman–Crippen MR) is 78.8 cm³/mol. The summed E-state index contributed by atoms with van der Waals surface area (Å²) in [5, 5.41) is 3.20. The molecule has 6 heteroatoms. The second kappa shape index (κ2) is 6.68. The van der Waals surface area contributed by atoms with Gasteiger partial charge in [0.1, 0.15) is 4.88 Å². The quantitative estimate of drug-likeness (QED) is 0.929. The van der Waals surface area contributed by atoms with Crippen molar-refractivity contribution < 1.29 is 4.79 Å². The molecule has 2 heterocycles. The minimum absolute atomic E-state index is 0.120. The third-order valence-electron chi connectivity index (χ3n) is 3.39. The highest BCUT2D eigenvalue weighted by Crippen LogP contribution is 2.20. The van der Waals surface area contributed by atoms with E-state index in [4.69, 9.17) is 11.6 Å². The summed E-state index contributed by atoms with van der Waals surface area (Å²) < 4.78 is 0. The highest BCUT2D eigenvalue weighted by atomic mass is 35.5. The molecule has 1 N–H and O–H groups in total. The van der Waals surface area contributed by atoms with Gasteiger partial charge in [-0.2, -0.15) is 0 Å². The van der Waals surface area contributed by atoms with Gasteiger partial charge in [-0.05, 0) is 18.3 Å². The number of likely N-dealkylation sites (tertiary alicyclic amines) is 1. The minimum atomic E-state index is -0.120. The molecule has 1 aromatic heterocycles. The van der Waals surface area contributed by atoms with Gasteiger partial charge in [0.25, 0.3) is 5.91 Å². The Morgan fingerprint density at radius 2 is 2.21 bits per heavy atom. The van der Waals surface area contributed by atoms with Crippen LogP contribution in [0.25, 0.3) is 0 Å². The van der Waals surface area contributed by atoms with Crippen molar-refractivity contribution in [1.82, 2.24) is 15.2 Å². The number of carbonyl (C=O) groups is 1. The summed E-state index contributed by atoms with van der Waals surface area (Å²) in [5.74, 6) is 1.37. The van der Waals surface area contributed by atoms with Crippen LogP contribution in [0.15, 0.2) is 5.51 Å². The molecule has 1 fully saturated rings. The smallest absolute Gasteiger partial charge is 0.264 e. The van der Waals surface area contributed by atoms with E-state index >= 15 is 0 Å².